The Hall–Kier alpha value is -2.00. The molecule has 0 spiro atoms. The van der Waals surface area contributed by atoms with Gasteiger partial charge in [0.05, 0.1) is 6.10 Å². The van der Waals surface area contributed by atoms with Crippen LogP contribution in [0.3, 0.4) is 0 Å². The number of methoxy groups -OCH3 is 1. The van der Waals surface area contributed by atoms with Crippen molar-refractivity contribution in [2.45, 2.75) is 12.6 Å². The lowest BCUT2D eigenvalue weighted by atomic mass is 10.1. The van der Waals surface area contributed by atoms with E-state index in [1.807, 2.05) is 36.4 Å². The molecular weight excluding hydrogens is 445 g/mol. The second kappa shape index (κ2) is 10.2. The average Bonchev–Trinajstić information content (AvgIpc) is 3.13. The molecule has 1 unspecified atom stereocenters. The summed E-state index contributed by atoms with van der Waals surface area (Å²) in [5.74, 6) is 2.29. The van der Waals surface area contributed by atoms with Crippen LogP contribution in [-0.4, -0.2) is 33.5 Å². The number of fused-ring (bicyclic) bond motifs is 1. The predicted molar refractivity (Wildman–Crippen MR) is 112 cm³/mol. The highest BCUT2D eigenvalue weighted by molar-refractivity contribution is 14.0. The van der Waals surface area contributed by atoms with E-state index in [1.54, 1.807) is 14.2 Å². The number of guanidine groups is 1. The first-order chi connectivity index (χ1) is 12.3. The third-order valence-corrected chi connectivity index (χ3v) is 4.03. The largest absolute Gasteiger partial charge is 0.454 e. The van der Waals surface area contributed by atoms with Crippen molar-refractivity contribution in [3.8, 4) is 11.5 Å². The Kier molecular flexibility index (Phi) is 7.99. The fourth-order valence-electron chi connectivity index (χ4n) is 2.65. The molecular formula is C19H24IN3O3. The van der Waals surface area contributed by atoms with Crippen LogP contribution in [0.5, 0.6) is 11.5 Å². The number of ether oxygens (including phenoxy) is 3. The first-order valence-corrected chi connectivity index (χ1v) is 8.21. The van der Waals surface area contributed by atoms with Gasteiger partial charge in [-0.2, -0.15) is 0 Å². The van der Waals surface area contributed by atoms with Crippen LogP contribution in [0.15, 0.2) is 53.5 Å². The number of aliphatic imine (C=N–C) groups is 1. The van der Waals surface area contributed by atoms with Crippen LogP contribution in [-0.2, 0) is 11.3 Å². The zero-order valence-corrected chi connectivity index (χ0v) is 17.2. The highest BCUT2D eigenvalue weighted by Crippen LogP contribution is 2.32. The summed E-state index contributed by atoms with van der Waals surface area (Å²) < 4.78 is 16.3. The molecule has 0 radical (unpaired) electrons. The van der Waals surface area contributed by atoms with Gasteiger partial charge in [0.25, 0.3) is 0 Å². The lowest BCUT2D eigenvalue weighted by Gasteiger charge is -2.18. The molecule has 1 aliphatic heterocycles. The van der Waals surface area contributed by atoms with Crippen molar-refractivity contribution in [3.63, 3.8) is 0 Å². The van der Waals surface area contributed by atoms with Crippen molar-refractivity contribution in [1.82, 2.24) is 10.6 Å². The van der Waals surface area contributed by atoms with E-state index in [0.717, 1.165) is 28.6 Å². The van der Waals surface area contributed by atoms with Crippen LogP contribution in [0.4, 0.5) is 0 Å². The number of halogens is 1. The minimum Gasteiger partial charge on any atom is -0.454 e. The van der Waals surface area contributed by atoms with E-state index >= 15 is 0 Å². The summed E-state index contributed by atoms with van der Waals surface area (Å²) in [6.07, 6.45) is -0.0368. The van der Waals surface area contributed by atoms with Crippen LogP contribution in [0.25, 0.3) is 0 Å². The number of hydrogen-bond acceptors (Lipinski definition) is 4. The smallest absolute Gasteiger partial charge is 0.231 e. The quantitative estimate of drug-likeness (QED) is 0.387. The zero-order chi connectivity index (χ0) is 17.5. The third kappa shape index (κ3) is 5.25. The van der Waals surface area contributed by atoms with Gasteiger partial charge >= 0.3 is 0 Å². The van der Waals surface area contributed by atoms with Crippen LogP contribution in [0, 0.1) is 0 Å². The molecule has 3 rings (SSSR count). The van der Waals surface area contributed by atoms with Gasteiger partial charge in [0.1, 0.15) is 0 Å². The van der Waals surface area contributed by atoms with Crippen molar-refractivity contribution in [1.29, 1.82) is 0 Å². The standard InChI is InChI=1S/C19H23N3O3.HI/c1-20-19(22-12-18(23-2)15-6-4-3-5-7-15)21-11-14-8-9-16-17(10-14)25-13-24-16;/h3-10,18H,11-13H2,1-2H3,(H2,20,21,22);1H. The summed E-state index contributed by atoms with van der Waals surface area (Å²) in [5.41, 5.74) is 2.22. The third-order valence-electron chi connectivity index (χ3n) is 4.03. The summed E-state index contributed by atoms with van der Waals surface area (Å²) in [6, 6.07) is 16.0. The topological polar surface area (TPSA) is 64.1 Å². The Morgan fingerprint density at radius 2 is 1.88 bits per heavy atom. The minimum absolute atomic E-state index is 0. The molecule has 0 saturated heterocycles. The number of hydrogen-bond donors (Lipinski definition) is 2. The zero-order valence-electron chi connectivity index (χ0n) is 14.9. The van der Waals surface area contributed by atoms with Crippen molar-refractivity contribution in [2.24, 2.45) is 4.99 Å². The highest BCUT2D eigenvalue weighted by Gasteiger charge is 2.14. The van der Waals surface area contributed by atoms with Gasteiger partial charge in [0, 0.05) is 27.2 Å². The van der Waals surface area contributed by atoms with Crippen molar-refractivity contribution < 1.29 is 14.2 Å². The molecule has 26 heavy (non-hydrogen) atoms. The molecule has 0 fully saturated rings. The summed E-state index contributed by atoms with van der Waals surface area (Å²) >= 11 is 0. The molecule has 1 heterocycles. The summed E-state index contributed by atoms with van der Waals surface area (Å²) in [6.45, 7) is 1.55. The Morgan fingerprint density at radius 1 is 1.12 bits per heavy atom. The van der Waals surface area contributed by atoms with E-state index in [4.69, 9.17) is 14.2 Å². The fraction of sp³-hybridized carbons (Fsp3) is 0.316. The Labute approximate surface area is 171 Å². The van der Waals surface area contributed by atoms with Crippen LogP contribution in [0.2, 0.25) is 0 Å². The maximum Gasteiger partial charge on any atom is 0.231 e. The van der Waals surface area contributed by atoms with Crippen LogP contribution in [0.1, 0.15) is 17.2 Å². The summed E-state index contributed by atoms with van der Waals surface area (Å²) in [4.78, 5) is 4.26. The molecule has 1 aliphatic rings. The van der Waals surface area contributed by atoms with Gasteiger partial charge in [0.15, 0.2) is 17.5 Å². The number of rotatable bonds is 6. The Balaban J connectivity index is 0.00000243. The molecule has 6 nitrogen and oxygen atoms in total. The Morgan fingerprint density at radius 3 is 2.62 bits per heavy atom. The molecule has 0 aromatic heterocycles. The van der Waals surface area contributed by atoms with E-state index in [-0.39, 0.29) is 36.9 Å². The Bertz CT molecular complexity index is 725. The van der Waals surface area contributed by atoms with Gasteiger partial charge < -0.3 is 24.8 Å². The molecule has 2 aromatic rings. The fourth-order valence-corrected chi connectivity index (χ4v) is 2.65. The molecule has 7 heteroatoms. The van der Waals surface area contributed by atoms with Gasteiger partial charge in [-0.1, -0.05) is 36.4 Å². The summed E-state index contributed by atoms with van der Waals surface area (Å²) in [7, 11) is 3.46. The molecule has 2 aromatic carbocycles. The maximum atomic E-state index is 5.57. The number of benzene rings is 2. The van der Waals surface area contributed by atoms with Crippen LogP contribution < -0.4 is 20.1 Å². The first-order valence-electron chi connectivity index (χ1n) is 8.21. The van der Waals surface area contributed by atoms with E-state index < -0.39 is 0 Å². The van der Waals surface area contributed by atoms with Crippen molar-refractivity contribution in [2.75, 3.05) is 27.5 Å². The van der Waals surface area contributed by atoms with E-state index in [0.29, 0.717) is 13.1 Å². The van der Waals surface area contributed by atoms with Crippen molar-refractivity contribution in [3.05, 3.63) is 59.7 Å². The molecule has 0 bridgehead atoms. The lowest BCUT2D eigenvalue weighted by Crippen LogP contribution is -2.39. The number of nitrogens with zero attached hydrogens (tertiary/aromatic N) is 1. The van der Waals surface area contributed by atoms with Gasteiger partial charge in [0.2, 0.25) is 6.79 Å². The van der Waals surface area contributed by atoms with Gasteiger partial charge in [-0.3, -0.25) is 4.99 Å². The van der Waals surface area contributed by atoms with E-state index in [2.05, 4.69) is 27.8 Å². The molecule has 0 saturated carbocycles. The van der Waals surface area contributed by atoms with Gasteiger partial charge in [-0.15, -0.1) is 24.0 Å². The average molecular weight is 469 g/mol. The van der Waals surface area contributed by atoms with Crippen molar-refractivity contribution >= 4 is 29.9 Å². The van der Waals surface area contributed by atoms with Gasteiger partial charge in [-0.05, 0) is 23.3 Å². The second-order valence-electron chi connectivity index (χ2n) is 5.63. The number of nitrogens with one attached hydrogen (secondary N) is 2. The molecule has 1 atom stereocenters. The normalized spacial score (nSPS) is 13.7. The lowest BCUT2D eigenvalue weighted by molar-refractivity contribution is 0.106. The highest BCUT2D eigenvalue weighted by atomic mass is 127. The predicted octanol–water partition coefficient (Wildman–Crippen LogP) is 3.09. The minimum atomic E-state index is -0.0368. The van der Waals surface area contributed by atoms with Gasteiger partial charge in [-0.25, -0.2) is 0 Å². The summed E-state index contributed by atoms with van der Waals surface area (Å²) in [5, 5.41) is 6.59. The maximum absolute atomic E-state index is 5.57. The first kappa shape index (κ1) is 20.3. The molecule has 0 aliphatic carbocycles. The molecule has 140 valence electrons. The second-order valence-corrected chi connectivity index (χ2v) is 5.63. The van der Waals surface area contributed by atoms with E-state index in [1.165, 1.54) is 0 Å². The monoisotopic (exact) mass is 469 g/mol. The molecule has 0 amide bonds. The van der Waals surface area contributed by atoms with E-state index in [9.17, 15) is 0 Å². The SMILES string of the molecule is CN=C(NCc1ccc2c(c1)OCO2)NCC(OC)c1ccccc1.I. The van der Waals surface area contributed by atoms with Crippen LogP contribution >= 0.6 is 24.0 Å². The molecule has 2 N–H and O–H groups in total.